The standard InChI is InChI=1S/C51H84O5/c1-4-7-10-13-16-19-22-25-28-31-34-37-40-43-46-54-47-49(56-51(53)45-42-39-36-33-30-27-24-21-18-15-12-9-6-3)48-55-50(52)44-41-38-35-32-29-26-23-20-17-14-11-8-5-2/h8-13,17-22,26-27,29-30,49H,4-7,14-16,23-25,28,31-48H2,1-3H3/b11-8-,12-9-,13-10-,20-17-,21-18-,22-19-,29-26-,30-27-. The molecule has 1 atom stereocenters. The van der Waals surface area contributed by atoms with Gasteiger partial charge in [-0.1, -0.05) is 163 Å². The Kier molecular flexibility index (Phi) is 43.6. The van der Waals surface area contributed by atoms with E-state index in [0.717, 1.165) is 116 Å². The maximum atomic E-state index is 12.7. The van der Waals surface area contributed by atoms with Crippen LogP contribution < -0.4 is 0 Å². The topological polar surface area (TPSA) is 61.8 Å². The molecule has 0 aliphatic carbocycles. The van der Waals surface area contributed by atoms with Gasteiger partial charge in [-0.15, -0.1) is 0 Å². The van der Waals surface area contributed by atoms with Gasteiger partial charge in [0, 0.05) is 19.4 Å². The molecule has 5 heteroatoms. The molecule has 0 heterocycles. The van der Waals surface area contributed by atoms with Crippen molar-refractivity contribution in [3.8, 4) is 0 Å². The maximum Gasteiger partial charge on any atom is 0.306 e. The van der Waals surface area contributed by atoms with Crippen molar-refractivity contribution < 1.29 is 23.8 Å². The van der Waals surface area contributed by atoms with Crippen molar-refractivity contribution in [1.82, 2.24) is 0 Å². The van der Waals surface area contributed by atoms with E-state index in [-0.39, 0.29) is 25.2 Å². The van der Waals surface area contributed by atoms with Crippen molar-refractivity contribution >= 4 is 11.9 Å². The predicted octanol–water partition coefficient (Wildman–Crippen LogP) is 15.1. The number of hydrogen-bond acceptors (Lipinski definition) is 5. The molecule has 0 saturated heterocycles. The summed E-state index contributed by atoms with van der Waals surface area (Å²) in [6.07, 6.45) is 61.2. The summed E-state index contributed by atoms with van der Waals surface area (Å²) in [5.74, 6) is -0.479. The molecule has 0 saturated carbocycles. The normalized spacial score (nSPS) is 13.1. The first kappa shape index (κ1) is 52.8. The number of carbonyl (C=O) groups excluding carboxylic acids is 2. The Hall–Kier alpha value is -3.18. The van der Waals surface area contributed by atoms with Gasteiger partial charge in [0.25, 0.3) is 0 Å². The molecule has 56 heavy (non-hydrogen) atoms. The molecule has 1 unspecified atom stereocenters. The second-order valence-corrected chi connectivity index (χ2v) is 14.5. The van der Waals surface area contributed by atoms with Crippen LogP contribution in [0.2, 0.25) is 0 Å². The number of rotatable bonds is 40. The fourth-order valence-corrected chi connectivity index (χ4v) is 5.75. The van der Waals surface area contributed by atoms with E-state index in [2.05, 4.69) is 118 Å². The van der Waals surface area contributed by atoms with E-state index in [9.17, 15) is 9.59 Å². The Balaban J connectivity index is 4.39. The summed E-state index contributed by atoms with van der Waals surface area (Å²) in [5.41, 5.74) is 0. The zero-order valence-electron chi connectivity index (χ0n) is 36.4. The first-order valence-corrected chi connectivity index (χ1v) is 22.8. The first-order chi connectivity index (χ1) is 27.6. The smallest absolute Gasteiger partial charge is 0.306 e. The molecular weight excluding hydrogens is 693 g/mol. The highest BCUT2D eigenvalue weighted by atomic mass is 16.6. The number of allylic oxidation sites excluding steroid dienone is 16. The van der Waals surface area contributed by atoms with Crippen LogP contribution in [-0.4, -0.2) is 37.9 Å². The zero-order chi connectivity index (χ0) is 40.7. The van der Waals surface area contributed by atoms with Crippen LogP contribution in [0.5, 0.6) is 0 Å². The molecule has 0 aromatic carbocycles. The van der Waals surface area contributed by atoms with Crippen LogP contribution in [0.4, 0.5) is 0 Å². The second kappa shape index (κ2) is 46.2. The zero-order valence-corrected chi connectivity index (χ0v) is 36.4. The van der Waals surface area contributed by atoms with Gasteiger partial charge in [-0.25, -0.2) is 0 Å². The third-order valence-corrected chi connectivity index (χ3v) is 9.07. The van der Waals surface area contributed by atoms with Crippen molar-refractivity contribution in [1.29, 1.82) is 0 Å². The lowest BCUT2D eigenvalue weighted by Crippen LogP contribution is -2.30. The molecule has 0 aliphatic rings. The average molecular weight is 777 g/mol. The van der Waals surface area contributed by atoms with Crippen LogP contribution in [0.15, 0.2) is 97.2 Å². The van der Waals surface area contributed by atoms with Gasteiger partial charge < -0.3 is 14.2 Å². The van der Waals surface area contributed by atoms with E-state index in [4.69, 9.17) is 14.2 Å². The van der Waals surface area contributed by atoms with Gasteiger partial charge in [0.15, 0.2) is 6.10 Å². The Morgan fingerprint density at radius 2 is 0.804 bits per heavy atom. The number of hydrogen-bond donors (Lipinski definition) is 0. The lowest BCUT2D eigenvalue weighted by atomic mass is 10.1. The van der Waals surface area contributed by atoms with E-state index in [1.165, 1.54) is 38.5 Å². The molecule has 0 bridgehead atoms. The third-order valence-electron chi connectivity index (χ3n) is 9.07. The summed E-state index contributed by atoms with van der Waals surface area (Å²) >= 11 is 0. The number of esters is 2. The summed E-state index contributed by atoms with van der Waals surface area (Å²) in [7, 11) is 0. The maximum absolute atomic E-state index is 12.7. The van der Waals surface area contributed by atoms with E-state index < -0.39 is 6.10 Å². The summed E-state index contributed by atoms with van der Waals surface area (Å²) in [6.45, 7) is 7.43. The van der Waals surface area contributed by atoms with Crippen LogP contribution in [-0.2, 0) is 23.8 Å². The van der Waals surface area contributed by atoms with Gasteiger partial charge in [-0.2, -0.15) is 0 Å². The molecule has 0 radical (unpaired) electrons. The van der Waals surface area contributed by atoms with Gasteiger partial charge in [0.2, 0.25) is 0 Å². The highest BCUT2D eigenvalue weighted by Crippen LogP contribution is 2.11. The Labute approximate surface area is 345 Å². The van der Waals surface area contributed by atoms with E-state index in [0.29, 0.717) is 19.4 Å². The van der Waals surface area contributed by atoms with E-state index in [1.54, 1.807) is 0 Å². The molecular formula is C51H84O5. The Bertz CT molecular complexity index is 1110. The number of unbranched alkanes of at least 4 members (excludes halogenated alkanes) is 13. The molecule has 0 spiro atoms. The molecule has 0 N–H and O–H groups in total. The Morgan fingerprint density at radius 3 is 1.29 bits per heavy atom. The highest BCUT2D eigenvalue weighted by Gasteiger charge is 2.17. The quantitative estimate of drug-likeness (QED) is 0.0352. The largest absolute Gasteiger partial charge is 0.462 e. The minimum absolute atomic E-state index is 0.0483. The summed E-state index contributed by atoms with van der Waals surface area (Å²) in [6, 6.07) is 0. The first-order valence-electron chi connectivity index (χ1n) is 22.8. The van der Waals surface area contributed by atoms with Crippen molar-refractivity contribution in [2.24, 2.45) is 0 Å². The van der Waals surface area contributed by atoms with Gasteiger partial charge >= 0.3 is 11.9 Å². The summed E-state index contributed by atoms with van der Waals surface area (Å²) < 4.78 is 17.3. The molecule has 0 aromatic heterocycles. The van der Waals surface area contributed by atoms with Crippen LogP contribution in [0, 0.1) is 0 Å². The van der Waals surface area contributed by atoms with E-state index in [1.807, 2.05) is 0 Å². The number of carbonyl (C=O) groups is 2. The van der Waals surface area contributed by atoms with Crippen molar-refractivity contribution in [3.63, 3.8) is 0 Å². The fraction of sp³-hybridized carbons (Fsp3) is 0.647. The van der Waals surface area contributed by atoms with Crippen LogP contribution >= 0.6 is 0 Å². The summed E-state index contributed by atoms with van der Waals surface area (Å²) in [4.78, 5) is 25.2. The lowest BCUT2D eigenvalue weighted by Gasteiger charge is -2.18. The SMILES string of the molecule is CC/C=C\C/C=C\C/C=C\CCCCCC(=O)OCC(COCCCCCCCC/C=C\C/C=C\CCC)OC(=O)CCCCC/C=C\C/C=C\C/C=C\CC. The van der Waals surface area contributed by atoms with Crippen molar-refractivity contribution in [3.05, 3.63) is 97.2 Å². The van der Waals surface area contributed by atoms with Gasteiger partial charge in [0.05, 0.1) is 6.61 Å². The third kappa shape index (κ3) is 43.5. The molecule has 0 aliphatic heterocycles. The number of ether oxygens (including phenoxy) is 3. The molecule has 0 amide bonds. The van der Waals surface area contributed by atoms with Gasteiger partial charge in [-0.05, 0) is 109 Å². The molecule has 318 valence electrons. The monoisotopic (exact) mass is 777 g/mol. The second-order valence-electron chi connectivity index (χ2n) is 14.5. The fourth-order valence-electron chi connectivity index (χ4n) is 5.75. The predicted molar refractivity (Wildman–Crippen MR) is 242 cm³/mol. The van der Waals surface area contributed by atoms with E-state index >= 15 is 0 Å². The molecule has 0 fully saturated rings. The van der Waals surface area contributed by atoms with Crippen LogP contribution in [0.1, 0.15) is 188 Å². The molecule has 5 nitrogen and oxygen atoms in total. The minimum Gasteiger partial charge on any atom is -0.462 e. The molecule has 0 aromatic rings. The van der Waals surface area contributed by atoms with Gasteiger partial charge in [0.1, 0.15) is 6.61 Å². The van der Waals surface area contributed by atoms with Gasteiger partial charge in [-0.3, -0.25) is 9.59 Å². The average Bonchev–Trinajstić information content (AvgIpc) is 3.20. The van der Waals surface area contributed by atoms with Crippen LogP contribution in [0.25, 0.3) is 0 Å². The van der Waals surface area contributed by atoms with Crippen molar-refractivity contribution in [2.75, 3.05) is 19.8 Å². The lowest BCUT2D eigenvalue weighted by molar-refractivity contribution is -0.163. The Morgan fingerprint density at radius 1 is 0.411 bits per heavy atom. The van der Waals surface area contributed by atoms with Crippen molar-refractivity contribution in [2.45, 2.75) is 194 Å². The minimum atomic E-state index is -0.572. The highest BCUT2D eigenvalue weighted by molar-refractivity contribution is 5.70. The van der Waals surface area contributed by atoms with Crippen LogP contribution in [0.3, 0.4) is 0 Å². The summed E-state index contributed by atoms with van der Waals surface area (Å²) in [5, 5.41) is 0. The molecule has 0 rings (SSSR count).